The molecule has 0 unspecified atom stereocenters. The Balaban J connectivity index is 1.90. The molecule has 0 aromatic heterocycles. The van der Waals surface area contributed by atoms with Gasteiger partial charge in [-0.2, -0.15) is 0 Å². The minimum absolute atomic E-state index is 0.151. The molecule has 0 saturated heterocycles. The molecule has 2 aromatic rings. The van der Waals surface area contributed by atoms with Crippen LogP contribution in [0, 0.1) is 0 Å². The van der Waals surface area contributed by atoms with Crippen molar-refractivity contribution in [2.24, 2.45) is 0 Å². The monoisotopic (exact) mass is 320 g/mol. The third-order valence-electron chi connectivity index (χ3n) is 2.90. The molecule has 0 amide bonds. The lowest BCUT2D eigenvalue weighted by molar-refractivity contribution is -0.116. The maximum absolute atomic E-state index is 11.9. The molecule has 0 bridgehead atoms. The maximum Gasteiger partial charge on any atom is 0.175 e. The molecular formula is C16H16O3S2. The van der Waals surface area contributed by atoms with Gasteiger partial charge in [-0.1, -0.05) is 30.3 Å². The Morgan fingerprint density at radius 2 is 1.62 bits per heavy atom. The van der Waals surface area contributed by atoms with E-state index in [0.29, 0.717) is 17.1 Å². The van der Waals surface area contributed by atoms with Gasteiger partial charge in [0.25, 0.3) is 0 Å². The number of sulfone groups is 1. The molecular weight excluding hydrogens is 304 g/mol. The molecule has 0 aliphatic carbocycles. The highest BCUT2D eigenvalue weighted by Crippen LogP contribution is 2.20. The number of carbonyl (C=O) groups excluding carboxylic acids is 1. The molecule has 0 N–H and O–H groups in total. The molecule has 0 atom stereocenters. The highest BCUT2D eigenvalue weighted by atomic mass is 32.2. The first-order valence-electron chi connectivity index (χ1n) is 6.44. The van der Waals surface area contributed by atoms with Gasteiger partial charge in [-0.15, -0.1) is 11.8 Å². The number of hydrogen-bond donors (Lipinski definition) is 0. The molecule has 0 saturated carbocycles. The predicted molar refractivity (Wildman–Crippen MR) is 85.4 cm³/mol. The van der Waals surface area contributed by atoms with Gasteiger partial charge in [-0.25, -0.2) is 8.42 Å². The van der Waals surface area contributed by atoms with Crippen LogP contribution in [0.1, 0.15) is 5.56 Å². The Morgan fingerprint density at radius 1 is 1.00 bits per heavy atom. The Bertz CT molecular complexity index is 705. The molecule has 3 nitrogen and oxygen atoms in total. The summed E-state index contributed by atoms with van der Waals surface area (Å²) < 4.78 is 22.7. The molecule has 0 fully saturated rings. The first-order chi connectivity index (χ1) is 9.95. The van der Waals surface area contributed by atoms with Crippen molar-refractivity contribution in [3.05, 3.63) is 60.2 Å². The van der Waals surface area contributed by atoms with E-state index in [9.17, 15) is 13.2 Å². The van der Waals surface area contributed by atoms with Crippen LogP contribution >= 0.6 is 11.8 Å². The molecule has 2 aromatic carbocycles. The third kappa shape index (κ3) is 5.02. The van der Waals surface area contributed by atoms with Crippen molar-refractivity contribution in [2.45, 2.75) is 16.2 Å². The summed E-state index contributed by atoms with van der Waals surface area (Å²) in [6, 6.07) is 16.2. The van der Waals surface area contributed by atoms with Crippen LogP contribution in [0.15, 0.2) is 64.4 Å². The van der Waals surface area contributed by atoms with Crippen LogP contribution in [0.3, 0.4) is 0 Å². The molecule has 0 heterocycles. The Hall–Kier alpha value is -1.59. The van der Waals surface area contributed by atoms with Crippen molar-refractivity contribution in [3.8, 4) is 0 Å². The fourth-order valence-corrected chi connectivity index (χ4v) is 3.21. The molecule has 0 aliphatic heterocycles. The fourth-order valence-electron chi connectivity index (χ4n) is 1.82. The van der Waals surface area contributed by atoms with E-state index in [2.05, 4.69) is 0 Å². The second-order valence-electron chi connectivity index (χ2n) is 4.73. The molecule has 0 aliphatic rings. The van der Waals surface area contributed by atoms with Gasteiger partial charge < -0.3 is 0 Å². The van der Waals surface area contributed by atoms with Crippen molar-refractivity contribution in [1.29, 1.82) is 0 Å². The zero-order valence-corrected chi connectivity index (χ0v) is 13.3. The first-order valence-corrected chi connectivity index (χ1v) is 9.31. The number of carbonyl (C=O) groups is 1. The van der Waals surface area contributed by atoms with E-state index < -0.39 is 9.84 Å². The summed E-state index contributed by atoms with van der Waals surface area (Å²) in [4.78, 5) is 13.1. The van der Waals surface area contributed by atoms with Gasteiger partial charge in [0.2, 0.25) is 0 Å². The van der Waals surface area contributed by atoms with Crippen LogP contribution in [0.4, 0.5) is 0 Å². The zero-order valence-electron chi connectivity index (χ0n) is 11.7. The lowest BCUT2D eigenvalue weighted by Crippen LogP contribution is -2.05. The summed E-state index contributed by atoms with van der Waals surface area (Å²) in [7, 11) is -3.17. The first kappa shape index (κ1) is 15.8. The van der Waals surface area contributed by atoms with Crippen LogP contribution in [0.25, 0.3) is 0 Å². The van der Waals surface area contributed by atoms with E-state index in [1.54, 1.807) is 24.3 Å². The molecule has 0 radical (unpaired) electrons. The number of thioether (sulfide) groups is 1. The van der Waals surface area contributed by atoms with Crippen molar-refractivity contribution < 1.29 is 13.2 Å². The lowest BCUT2D eigenvalue weighted by Gasteiger charge is -2.03. The number of Topliss-reactive ketones (excluding diaryl/α,β-unsaturated/α-hetero) is 1. The molecule has 110 valence electrons. The Kier molecular flexibility index (Phi) is 5.20. The summed E-state index contributed by atoms with van der Waals surface area (Å²) >= 11 is 1.42. The molecule has 0 spiro atoms. The predicted octanol–water partition coefficient (Wildman–Crippen LogP) is 2.99. The van der Waals surface area contributed by atoms with Crippen molar-refractivity contribution in [1.82, 2.24) is 0 Å². The van der Waals surface area contributed by atoms with Gasteiger partial charge in [0.05, 0.1) is 10.6 Å². The topological polar surface area (TPSA) is 51.2 Å². The summed E-state index contributed by atoms with van der Waals surface area (Å²) in [6.07, 6.45) is 1.60. The highest BCUT2D eigenvalue weighted by Gasteiger charge is 2.08. The standard InChI is InChI=1S/C16H16O3S2/c1-21(18,19)16-9-7-15(8-10-16)20-12-14(17)11-13-5-3-2-4-6-13/h2-10H,11-12H2,1H3. The molecule has 21 heavy (non-hydrogen) atoms. The van der Waals surface area contributed by atoms with E-state index in [1.807, 2.05) is 30.3 Å². The quantitative estimate of drug-likeness (QED) is 0.768. The van der Waals surface area contributed by atoms with Crippen LogP contribution < -0.4 is 0 Å². The van der Waals surface area contributed by atoms with E-state index >= 15 is 0 Å². The Morgan fingerprint density at radius 3 is 2.19 bits per heavy atom. The van der Waals surface area contributed by atoms with E-state index in [4.69, 9.17) is 0 Å². The average molecular weight is 320 g/mol. The molecule has 2 rings (SSSR count). The Labute approximate surface area is 129 Å². The maximum atomic E-state index is 11.9. The van der Waals surface area contributed by atoms with Crippen molar-refractivity contribution in [2.75, 3.05) is 12.0 Å². The smallest absolute Gasteiger partial charge is 0.175 e. The van der Waals surface area contributed by atoms with Gasteiger partial charge in [-0.3, -0.25) is 4.79 Å². The lowest BCUT2D eigenvalue weighted by atomic mass is 10.1. The van der Waals surface area contributed by atoms with Gasteiger partial charge in [0.15, 0.2) is 9.84 Å². The average Bonchev–Trinajstić information content (AvgIpc) is 2.46. The van der Waals surface area contributed by atoms with E-state index in [0.717, 1.165) is 10.5 Å². The summed E-state index contributed by atoms with van der Waals surface area (Å²) in [5.41, 5.74) is 1.01. The minimum Gasteiger partial charge on any atom is -0.298 e. The highest BCUT2D eigenvalue weighted by molar-refractivity contribution is 8.00. The van der Waals surface area contributed by atoms with Crippen LogP contribution in [-0.2, 0) is 21.1 Å². The van der Waals surface area contributed by atoms with Crippen LogP contribution in [0.5, 0.6) is 0 Å². The third-order valence-corrected chi connectivity index (χ3v) is 5.10. The number of hydrogen-bond acceptors (Lipinski definition) is 4. The van der Waals surface area contributed by atoms with Gasteiger partial charge in [0.1, 0.15) is 5.78 Å². The second-order valence-corrected chi connectivity index (χ2v) is 7.80. The largest absolute Gasteiger partial charge is 0.298 e. The second kappa shape index (κ2) is 6.91. The van der Waals surface area contributed by atoms with Gasteiger partial charge >= 0.3 is 0 Å². The van der Waals surface area contributed by atoms with Crippen molar-refractivity contribution >= 4 is 27.4 Å². The van der Waals surface area contributed by atoms with Crippen molar-refractivity contribution in [3.63, 3.8) is 0 Å². The number of rotatable bonds is 6. The van der Waals surface area contributed by atoms with Gasteiger partial charge in [-0.05, 0) is 29.8 Å². The molecule has 5 heteroatoms. The summed E-state index contributed by atoms with van der Waals surface area (Å²) in [6.45, 7) is 0. The van der Waals surface area contributed by atoms with Crippen LogP contribution in [-0.4, -0.2) is 26.2 Å². The summed E-state index contributed by atoms with van der Waals surface area (Å²) in [5, 5.41) is 0. The van der Waals surface area contributed by atoms with Crippen LogP contribution in [0.2, 0.25) is 0 Å². The number of benzene rings is 2. The summed E-state index contributed by atoms with van der Waals surface area (Å²) in [5.74, 6) is 0.533. The zero-order chi connectivity index (χ0) is 15.3. The van der Waals surface area contributed by atoms with E-state index in [1.165, 1.54) is 18.0 Å². The van der Waals surface area contributed by atoms with E-state index in [-0.39, 0.29) is 5.78 Å². The fraction of sp³-hybridized carbons (Fsp3) is 0.188. The van der Waals surface area contributed by atoms with Gasteiger partial charge in [0, 0.05) is 17.6 Å². The SMILES string of the molecule is CS(=O)(=O)c1ccc(SCC(=O)Cc2ccccc2)cc1. The normalized spacial score (nSPS) is 11.3. The number of ketones is 1. The minimum atomic E-state index is -3.17.